The highest BCUT2D eigenvalue weighted by atomic mass is 32.2. The molecule has 1 fully saturated rings. The summed E-state index contributed by atoms with van der Waals surface area (Å²) in [4.78, 5) is 45.2. The molecule has 6 rings (SSSR count). The van der Waals surface area contributed by atoms with Crippen LogP contribution in [0.25, 0.3) is 28.1 Å². The van der Waals surface area contributed by atoms with Crippen molar-refractivity contribution in [2.24, 2.45) is 0 Å². The fourth-order valence-electron chi connectivity index (χ4n) is 5.37. The number of likely N-dealkylation sites (N-methyl/N-ethyl adjacent to an activating group) is 1. The Hall–Kier alpha value is -5.80. The third-order valence-electron chi connectivity index (χ3n) is 7.81. The Kier molecular flexibility index (Phi) is 9.29. The predicted octanol–water partition coefficient (Wildman–Crippen LogP) is 3.78. The van der Waals surface area contributed by atoms with Gasteiger partial charge >= 0.3 is 10.1 Å². The molecule has 0 radical (unpaired) electrons. The highest BCUT2D eigenvalue weighted by molar-refractivity contribution is 7.86. The monoisotopic (exact) mass is 682 g/mol. The fraction of sp³-hybridized carbons (Fsp3) is 0.206. The van der Waals surface area contributed by atoms with Crippen LogP contribution in [0.2, 0.25) is 0 Å². The van der Waals surface area contributed by atoms with E-state index in [1.54, 1.807) is 49.6 Å². The third-order valence-corrected chi connectivity index (χ3v) is 8.32. The number of methoxy groups -OCH3 is 1. The van der Waals surface area contributed by atoms with Gasteiger partial charge in [-0.15, -0.1) is 0 Å². The highest BCUT2D eigenvalue weighted by Crippen LogP contribution is 2.32. The lowest BCUT2D eigenvalue weighted by molar-refractivity contribution is -0.114. The molecule has 5 aromatic rings. The number of benzene rings is 3. The second kappa shape index (κ2) is 13.7. The number of aromatic nitrogens is 4. The van der Waals surface area contributed by atoms with E-state index in [1.807, 2.05) is 24.3 Å². The largest absolute Gasteiger partial charge is 0.494 e. The second-order valence-electron chi connectivity index (χ2n) is 11.4. The lowest BCUT2D eigenvalue weighted by Crippen LogP contribution is -2.44. The zero-order valence-electron chi connectivity index (χ0n) is 27.1. The second-order valence-corrected chi connectivity index (χ2v) is 13.0. The average molecular weight is 683 g/mol. The Morgan fingerprint density at radius 1 is 0.939 bits per heavy atom. The topological polar surface area (TPSA) is 161 Å². The molecule has 0 aliphatic carbocycles. The van der Waals surface area contributed by atoms with Crippen molar-refractivity contribution in [3.8, 4) is 22.7 Å². The normalized spacial score (nSPS) is 13.6. The first-order valence-electron chi connectivity index (χ1n) is 15.2. The number of carbonyl (C=O) groups excluding carboxylic acids is 1. The van der Waals surface area contributed by atoms with Gasteiger partial charge in [-0.2, -0.15) is 13.4 Å². The number of hydrogen-bond acceptors (Lipinski definition) is 12. The van der Waals surface area contributed by atoms with Gasteiger partial charge in [-0.1, -0.05) is 36.4 Å². The summed E-state index contributed by atoms with van der Waals surface area (Å²) < 4.78 is 34.7. The maximum Gasteiger partial charge on any atom is 0.306 e. The van der Waals surface area contributed by atoms with Gasteiger partial charge in [-0.05, 0) is 44.0 Å². The molecule has 14 nitrogen and oxygen atoms in total. The Balaban J connectivity index is 1.40. The smallest absolute Gasteiger partial charge is 0.306 e. The predicted molar refractivity (Wildman–Crippen MR) is 188 cm³/mol. The summed E-state index contributed by atoms with van der Waals surface area (Å²) in [7, 11) is -0.255. The quantitative estimate of drug-likeness (QED) is 0.125. The van der Waals surface area contributed by atoms with Gasteiger partial charge in [0.05, 0.1) is 30.9 Å². The Morgan fingerprint density at radius 2 is 1.69 bits per heavy atom. The Morgan fingerprint density at radius 3 is 2.41 bits per heavy atom. The van der Waals surface area contributed by atoms with Crippen LogP contribution in [0.3, 0.4) is 0 Å². The molecular formula is C34H34N8O6S. The van der Waals surface area contributed by atoms with Crippen LogP contribution in [-0.2, 0) is 19.1 Å². The standard InChI is InChI=1S/C34H34N8O6S/c1-22(48-49(4,45)46)32(43)36-24-11-8-12-26(19-24)42-31-28(37-30(33(42)44)23-9-6-5-7-10-23)21-35-34(39-31)38-27-14-13-25(20-29(27)47-3)41-17-15-40(2)16-18-41/h5-14,19-21H,1,15-18H2,2-4H3,(H,36,43)(H,35,38,39). The molecule has 0 atom stereocenters. The molecule has 0 unspecified atom stereocenters. The van der Waals surface area contributed by atoms with E-state index >= 15 is 0 Å². The number of piperazine rings is 1. The zero-order valence-corrected chi connectivity index (χ0v) is 27.9. The van der Waals surface area contributed by atoms with Crippen molar-refractivity contribution < 1.29 is 22.1 Å². The molecule has 0 bridgehead atoms. The van der Waals surface area contributed by atoms with Gasteiger partial charge in [0.25, 0.3) is 11.5 Å². The van der Waals surface area contributed by atoms with Gasteiger partial charge in [-0.3, -0.25) is 14.2 Å². The number of rotatable bonds is 10. The van der Waals surface area contributed by atoms with Crippen molar-refractivity contribution in [1.82, 2.24) is 24.4 Å². The van der Waals surface area contributed by atoms with Gasteiger partial charge < -0.3 is 29.4 Å². The van der Waals surface area contributed by atoms with Crippen LogP contribution in [0.15, 0.2) is 96.1 Å². The molecule has 2 aromatic heterocycles. The van der Waals surface area contributed by atoms with Crippen LogP contribution in [-0.4, -0.2) is 85.3 Å². The minimum Gasteiger partial charge on any atom is -0.494 e. The van der Waals surface area contributed by atoms with Gasteiger partial charge in [-0.25, -0.2) is 9.97 Å². The van der Waals surface area contributed by atoms with Crippen LogP contribution in [0.5, 0.6) is 5.75 Å². The van der Waals surface area contributed by atoms with Crippen molar-refractivity contribution in [2.45, 2.75) is 0 Å². The summed E-state index contributed by atoms with van der Waals surface area (Å²) in [6.07, 6.45) is 2.33. The summed E-state index contributed by atoms with van der Waals surface area (Å²) in [5.74, 6) is -0.693. The van der Waals surface area contributed by atoms with E-state index in [-0.39, 0.29) is 23.0 Å². The Bertz CT molecular complexity index is 2220. The van der Waals surface area contributed by atoms with E-state index in [0.717, 1.165) is 38.1 Å². The van der Waals surface area contributed by atoms with Crippen LogP contribution < -0.4 is 25.8 Å². The first kappa shape index (κ1) is 33.1. The summed E-state index contributed by atoms with van der Waals surface area (Å²) in [5, 5.41) is 5.77. The van der Waals surface area contributed by atoms with Gasteiger partial charge in [0.2, 0.25) is 5.95 Å². The van der Waals surface area contributed by atoms with E-state index < -0.39 is 27.3 Å². The van der Waals surface area contributed by atoms with Crippen molar-refractivity contribution >= 4 is 50.2 Å². The van der Waals surface area contributed by atoms with E-state index in [4.69, 9.17) is 9.72 Å². The van der Waals surface area contributed by atoms with Crippen LogP contribution in [0.4, 0.5) is 23.0 Å². The van der Waals surface area contributed by atoms with Crippen molar-refractivity contribution in [3.63, 3.8) is 0 Å². The number of nitrogens with zero attached hydrogens (tertiary/aromatic N) is 6. The number of ether oxygens (including phenoxy) is 1. The van der Waals surface area contributed by atoms with Gasteiger partial charge in [0.1, 0.15) is 17.0 Å². The third kappa shape index (κ3) is 7.52. The van der Waals surface area contributed by atoms with Crippen molar-refractivity contribution in [1.29, 1.82) is 0 Å². The number of carbonyl (C=O) groups is 1. The zero-order chi connectivity index (χ0) is 34.7. The number of amides is 1. The maximum atomic E-state index is 14.2. The van der Waals surface area contributed by atoms with Crippen LogP contribution in [0.1, 0.15) is 0 Å². The molecular weight excluding hydrogens is 648 g/mol. The fourth-order valence-corrected chi connectivity index (χ4v) is 5.81. The number of fused-ring (bicyclic) bond motifs is 1. The van der Waals surface area contributed by atoms with Crippen LogP contribution in [0, 0.1) is 0 Å². The van der Waals surface area contributed by atoms with Crippen molar-refractivity contribution in [3.05, 3.63) is 102 Å². The lowest BCUT2D eigenvalue weighted by atomic mass is 10.1. The molecule has 2 N–H and O–H groups in total. The first-order chi connectivity index (χ1) is 23.5. The summed E-state index contributed by atoms with van der Waals surface area (Å²) in [6, 6.07) is 21.3. The SMILES string of the molecule is C=C(OS(C)(=O)=O)C(=O)Nc1cccc(-n2c(=O)c(-c3ccccc3)nc3cnc(Nc4ccc(N5CCN(C)CC5)cc4OC)nc32)c1. The van der Waals surface area contributed by atoms with Crippen LogP contribution >= 0.6 is 0 Å². The van der Waals surface area contributed by atoms with Gasteiger partial charge in [0, 0.05) is 49.2 Å². The number of anilines is 4. The lowest BCUT2D eigenvalue weighted by Gasteiger charge is -2.34. The average Bonchev–Trinajstić information content (AvgIpc) is 3.08. The van der Waals surface area contributed by atoms with E-state index in [0.29, 0.717) is 28.2 Å². The molecule has 3 heterocycles. The Labute approximate surface area is 282 Å². The van der Waals surface area contributed by atoms with E-state index in [9.17, 15) is 18.0 Å². The molecule has 0 spiro atoms. The molecule has 252 valence electrons. The number of hydrogen-bond donors (Lipinski definition) is 2. The molecule has 1 aliphatic heterocycles. The van der Waals surface area contributed by atoms with E-state index in [1.165, 1.54) is 16.8 Å². The molecule has 1 saturated heterocycles. The molecule has 3 aromatic carbocycles. The molecule has 49 heavy (non-hydrogen) atoms. The molecule has 1 amide bonds. The minimum atomic E-state index is -3.96. The summed E-state index contributed by atoms with van der Waals surface area (Å²) in [6.45, 7) is 7.14. The molecule has 15 heteroatoms. The number of nitrogens with one attached hydrogen (secondary N) is 2. The maximum absolute atomic E-state index is 14.2. The van der Waals surface area contributed by atoms with Crippen molar-refractivity contribution in [2.75, 3.05) is 62.1 Å². The first-order valence-corrected chi connectivity index (χ1v) is 17.0. The summed E-state index contributed by atoms with van der Waals surface area (Å²) in [5.41, 5.74) is 3.10. The van der Waals surface area contributed by atoms with Gasteiger partial charge in [0.15, 0.2) is 11.4 Å². The summed E-state index contributed by atoms with van der Waals surface area (Å²) >= 11 is 0. The molecule has 0 saturated carbocycles. The van der Waals surface area contributed by atoms with E-state index in [2.05, 4.69) is 48.2 Å². The molecule has 1 aliphatic rings. The highest BCUT2D eigenvalue weighted by Gasteiger charge is 2.20. The minimum absolute atomic E-state index is 0.169.